The molecule has 1 atom stereocenters. The van der Waals surface area contributed by atoms with Crippen molar-refractivity contribution in [3.63, 3.8) is 0 Å². The molecule has 1 aliphatic rings. The highest BCUT2D eigenvalue weighted by atomic mass is 19.1. The molecule has 1 heterocycles. The van der Waals surface area contributed by atoms with Gasteiger partial charge in [-0.2, -0.15) is 0 Å². The van der Waals surface area contributed by atoms with E-state index in [0.29, 0.717) is 0 Å². The van der Waals surface area contributed by atoms with Crippen molar-refractivity contribution >= 4 is 0 Å². The van der Waals surface area contributed by atoms with Gasteiger partial charge in [0.25, 0.3) is 0 Å². The van der Waals surface area contributed by atoms with E-state index in [2.05, 4.69) is 0 Å². The highest BCUT2D eigenvalue weighted by Crippen LogP contribution is 2.22. The van der Waals surface area contributed by atoms with Crippen LogP contribution in [0.25, 0.3) is 0 Å². The van der Waals surface area contributed by atoms with Crippen molar-refractivity contribution < 1.29 is 14.0 Å². The third kappa shape index (κ3) is 1.48. The standard InChI is InChI=1S/C10H12FN/c11-9-4-1-3-8(7-9)10-5-2-6-12-10/h1,3-4,7,10,12H,2,5-6H2/i2D2,5D2,6D2,10D. The molecule has 0 spiro atoms. The molecule has 1 aliphatic heterocycles. The molecule has 0 aromatic heterocycles. The smallest absolute Gasteiger partial charge is 0.123 e. The lowest BCUT2D eigenvalue weighted by atomic mass is 10.1. The maximum absolute atomic E-state index is 13.2. The second kappa shape index (κ2) is 3.23. The molecular weight excluding hydrogens is 153 g/mol. The van der Waals surface area contributed by atoms with Gasteiger partial charge in [0.05, 0.1) is 1.37 Å². The van der Waals surface area contributed by atoms with Gasteiger partial charge in [-0.15, -0.1) is 0 Å². The summed E-state index contributed by atoms with van der Waals surface area (Å²) in [4.78, 5) is 0. The fourth-order valence-corrected chi connectivity index (χ4v) is 1.01. The normalized spacial score (nSPS) is 50.2. The first-order chi connectivity index (χ1) is 8.46. The maximum Gasteiger partial charge on any atom is 0.123 e. The second-order valence-electron chi connectivity index (χ2n) is 2.39. The molecule has 1 aromatic rings. The third-order valence-corrected chi connectivity index (χ3v) is 1.55. The summed E-state index contributed by atoms with van der Waals surface area (Å²) in [5.41, 5.74) is -0.164. The Morgan fingerprint density at radius 2 is 2.58 bits per heavy atom. The van der Waals surface area contributed by atoms with E-state index in [-0.39, 0.29) is 5.56 Å². The van der Waals surface area contributed by atoms with Crippen LogP contribution in [0.3, 0.4) is 0 Å². The van der Waals surface area contributed by atoms with Crippen molar-refractivity contribution in [2.75, 3.05) is 6.50 Å². The van der Waals surface area contributed by atoms with Crippen LogP contribution < -0.4 is 5.32 Å². The van der Waals surface area contributed by atoms with Gasteiger partial charge in [0.15, 0.2) is 0 Å². The predicted molar refractivity (Wildman–Crippen MR) is 46.4 cm³/mol. The highest BCUT2D eigenvalue weighted by Gasteiger charge is 2.15. The van der Waals surface area contributed by atoms with Gasteiger partial charge in [-0.05, 0) is 36.9 Å². The van der Waals surface area contributed by atoms with Crippen molar-refractivity contribution in [3.8, 4) is 0 Å². The molecule has 2 heteroatoms. The van der Waals surface area contributed by atoms with Gasteiger partial charge < -0.3 is 5.32 Å². The minimum Gasteiger partial charge on any atom is -0.310 e. The zero-order valence-electron chi connectivity index (χ0n) is 13.2. The number of benzene rings is 1. The van der Waals surface area contributed by atoms with E-state index in [1.807, 2.05) is 5.32 Å². The maximum atomic E-state index is 13.2. The summed E-state index contributed by atoms with van der Waals surface area (Å²) in [6.07, 6.45) is -5.81. The van der Waals surface area contributed by atoms with E-state index in [1.54, 1.807) is 0 Å². The lowest BCUT2D eigenvalue weighted by Gasteiger charge is -2.09. The number of hydrogen-bond acceptors (Lipinski definition) is 1. The van der Waals surface area contributed by atoms with Crippen LogP contribution in [0, 0.1) is 5.82 Å². The van der Waals surface area contributed by atoms with Gasteiger partial charge in [0, 0.05) is 14.2 Å². The summed E-state index contributed by atoms with van der Waals surface area (Å²) >= 11 is 0. The first kappa shape index (κ1) is 3.11. The zero-order chi connectivity index (χ0) is 14.7. The largest absolute Gasteiger partial charge is 0.310 e. The van der Waals surface area contributed by atoms with Crippen LogP contribution >= 0.6 is 0 Å². The lowest BCUT2D eigenvalue weighted by molar-refractivity contribution is 0.606. The number of nitrogens with one attached hydrogen (secondary N) is 1. The molecule has 64 valence electrons. The van der Waals surface area contributed by atoms with Crippen LogP contribution in [-0.2, 0) is 0 Å². The summed E-state index contributed by atoms with van der Waals surface area (Å²) in [5, 5.41) is 2.01. The van der Waals surface area contributed by atoms with E-state index >= 15 is 0 Å². The quantitative estimate of drug-likeness (QED) is 0.685. The van der Waals surface area contributed by atoms with Gasteiger partial charge in [0.1, 0.15) is 5.82 Å². The Labute approximate surface area is 81.4 Å². The van der Waals surface area contributed by atoms with E-state index in [4.69, 9.17) is 9.60 Å². The monoisotopic (exact) mass is 172 g/mol. The Morgan fingerprint density at radius 1 is 1.67 bits per heavy atom. The van der Waals surface area contributed by atoms with Crippen molar-refractivity contribution in [3.05, 3.63) is 35.6 Å². The van der Waals surface area contributed by atoms with E-state index in [9.17, 15) is 4.39 Å². The lowest BCUT2D eigenvalue weighted by Crippen LogP contribution is -2.12. The summed E-state index contributed by atoms with van der Waals surface area (Å²) in [6, 6.07) is 2.12. The molecule has 0 radical (unpaired) electrons. The van der Waals surface area contributed by atoms with Crippen LogP contribution in [0.1, 0.15) is 33.9 Å². The van der Waals surface area contributed by atoms with Crippen LogP contribution in [0.4, 0.5) is 4.39 Å². The van der Waals surface area contributed by atoms with Gasteiger partial charge in [-0.1, -0.05) is 12.1 Å². The molecule has 0 aliphatic carbocycles. The summed E-state index contributed by atoms with van der Waals surface area (Å²) in [7, 11) is 0. The molecule has 0 saturated carbocycles. The Hall–Kier alpha value is -0.890. The number of hydrogen-bond donors (Lipinski definition) is 1. The highest BCUT2D eigenvalue weighted by molar-refractivity contribution is 5.20. The minimum absolute atomic E-state index is 0.164. The first-order valence-electron chi connectivity index (χ1n) is 7.01. The first-order valence-corrected chi connectivity index (χ1v) is 3.51. The Kier molecular flexibility index (Phi) is 0.838. The molecule has 2 rings (SSSR count). The van der Waals surface area contributed by atoms with Crippen molar-refractivity contribution in [1.82, 2.24) is 5.32 Å². The van der Waals surface area contributed by atoms with Crippen LogP contribution in [0.5, 0.6) is 0 Å². The van der Waals surface area contributed by atoms with E-state index in [1.165, 1.54) is 12.1 Å². The molecule has 1 fully saturated rings. The third-order valence-electron chi connectivity index (χ3n) is 1.55. The Morgan fingerprint density at radius 3 is 3.25 bits per heavy atom. The predicted octanol–water partition coefficient (Wildman–Crippen LogP) is 2.25. The average molecular weight is 172 g/mol. The summed E-state index contributed by atoms with van der Waals surface area (Å²) in [5.74, 6) is -0.699. The topological polar surface area (TPSA) is 12.0 Å². The Balaban J connectivity index is 2.62. The van der Waals surface area contributed by atoms with Gasteiger partial charge in [-0.3, -0.25) is 0 Å². The molecule has 12 heavy (non-hydrogen) atoms. The van der Waals surface area contributed by atoms with Crippen LogP contribution in [-0.4, -0.2) is 6.50 Å². The van der Waals surface area contributed by atoms with Crippen molar-refractivity contribution in [1.29, 1.82) is 0 Å². The minimum atomic E-state index is -2.94. The molecule has 1 N–H and O–H groups in total. The summed E-state index contributed by atoms with van der Waals surface area (Å²) in [6.45, 7) is -2.75. The molecule has 1 unspecified atom stereocenters. The molecular formula is C10H12FN. The van der Waals surface area contributed by atoms with Crippen LogP contribution in [0.2, 0.25) is 0 Å². The van der Waals surface area contributed by atoms with Crippen molar-refractivity contribution in [2.45, 2.75) is 18.8 Å². The SMILES string of the molecule is [2H]C1([2H])NC([2H])(c2cccc(F)c2)C([2H])([2H])C1([2H])[2H]. The average Bonchev–Trinajstić information content (AvgIpc) is 2.35. The van der Waals surface area contributed by atoms with Gasteiger partial charge in [0.2, 0.25) is 0 Å². The molecule has 0 bridgehead atoms. The van der Waals surface area contributed by atoms with E-state index in [0.717, 1.165) is 12.1 Å². The Bertz CT molecular complexity index is 518. The fourth-order valence-electron chi connectivity index (χ4n) is 1.01. The zero-order valence-corrected chi connectivity index (χ0v) is 6.19. The second-order valence-corrected chi connectivity index (χ2v) is 2.39. The molecule has 1 aromatic carbocycles. The molecule has 1 saturated heterocycles. The van der Waals surface area contributed by atoms with Gasteiger partial charge in [-0.25, -0.2) is 4.39 Å². The number of halogens is 1. The van der Waals surface area contributed by atoms with Crippen molar-refractivity contribution in [2.24, 2.45) is 0 Å². The number of rotatable bonds is 1. The van der Waals surface area contributed by atoms with E-state index < -0.39 is 31.1 Å². The van der Waals surface area contributed by atoms with Gasteiger partial charge >= 0.3 is 0 Å². The summed E-state index contributed by atoms with van der Waals surface area (Å²) < 4.78 is 67.1. The molecule has 1 nitrogen and oxygen atoms in total. The fraction of sp³-hybridized carbons (Fsp3) is 0.400. The van der Waals surface area contributed by atoms with Crippen LogP contribution in [0.15, 0.2) is 24.3 Å². The molecule has 0 amide bonds.